The highest BCUT2D eigenvalue weighted by atomic mass is 35.5. The number of sulfonamides is 1. The van der Waals surface area contributed by atoms with Gasteiger partial charge in [0.25, 0.3) is 10.0 Å². The fraction of sp³-hybridized carbons (Fsp3) is 0.310. The van der Waals surface area contributed by atoms with Gasteiger partial charge < -0.3 is 10.2 Å². The number of carbonyl (C=O) groups is 2. The second-order valence-corrected chi connectivity index (χ2v) is 12.0. The monoisotopic (exact) mass is 573 g/mol. The van der Waals surface area contributed by atoms with E-state index in [1.807, 2.05) is 20.8 Å². The van der Waals surface area contributed by atoms with E-state index in [0.29, 0.717) is 17.1 Å². The minimum Gasteiger partial charge on any atom is -0.354 e. The quantitative estimate of drug-likeness (QED) is 0.343. The Morgan fingerprint density at radius 3 is 2.15 bits per heavy atom. The molecule has 0 saturated heterocycles. The van der Waals surface area contributed by atoms with Gasteiger partial charge in [0.05, 0.1) is 10.6 Å². The first-order valence-electron chi connectivity index (χ1n) is 12.6. The van der Waals surface area contributed by atoms with E-state index < -0.39 is 34.3 Å². The third-order valence-electron chi connectivity index (χ3n) is 6.15. The Morgan fingerprint density at radius 2 is 1.56 bits per heavy atom. The number of nitrogens with one attached hydrogen (secondary N) is 1. The zero-order valence-electron chi connectivity index (χ0n) is 22.4. The van der Waals surface area contributed by atoms with Gasteiger partial charge >= 0.3 is 0 Å². The highest BCUT2D eigenvalue weighted by Gasteiger charge is 2.32. The maximum Gasteiger partial charge on any atom is 0.264 e. The molecule has 208 valence electrons. The Kier molecular flexibility index (Phi) is 10.1. The van der Waals surface area contributed by atoms with Gasteiger partial charge in [-0.15, -0.1) is 0 Å². The Hall–Kier alpha value is -3.43. The first kappa shape index (κ1) is 30.1. The molecule has 0 fully saturated rings. The predicted octanol–water partition coefficient (Wildman–Crippen LogP) is 5.17. The van der Waals surface area contributed by atoms with Crippen molar-refractivity contribution in [2.75, 3.05) is 17.4 Å². The molecular weight excluding hydrogens is 541 g/mol. The van der Waals surface area contributed by atoms with E-state index >= 15 is 0 Å². The predicted molar refractivity (Wildman–Crippen MR) is 151 cm³/mol. The first-order chi connectivity index (χ1) is 18.4. The molecule has 0 heterocycles. The van der Waals surface area contributed by atoms with Gasteiger partial charge in [-0.3, -0.25) is 13.9 Å². The zero-order valence-corrected chi connectivity index (χ0v) is 24.0. The number of amides is 2. The molecule has 0 aliphatic heterocycles. The lowest BCUT2D eigenvalue weighted by Gasteiger charge is -2.32. The number of hydrogen-bond acceptors (Lipinski definition) is 4. The van der Waals surface area contributed by atoms with Crippen LogP contribution in [0.5, 0.6) is 0 Å². The van der Waals surface area contributed by atoms with Gasteiger partial charge in [0.2, 0.25) is 11.8 Å². The van der Waals surface area contributed by atoms with Crippen molar-refractivity contribution < 1.29 is 22.4 Å². The van der Waals surface area contributed by atoms with Crippen molar-refractivity contribution in [3.8, 4) is 0 Å². The van der Waals surface area contributed by atoms with Gasteiger partial charge in [0.1, 0.15) is 18.4 Å². The average Bonchev–Trinajstić information content (AvgIpc) is 2.90. The lowest BCUT2D eigenvalue weighted by atomic mass is 10.1. The summed E-state index contributed by atoms with van der Waals surface area (Å²) in [6.45, 7) is 7.19. The molecule has 7 nitrogen and oxygen atoms in total. The summed E-state index contributed by atoms with van der Waals surface area (Å²) in [4.78, 5) is 28.0. The molecule has 2 amide bonds. The molecule has 39 heavy (non-hydrogen) atoms. The lowest BCUT2D eigenvalue weighted by molar-refractivity contribution is -0.139. The molecule has 10 heteroatoms. The Labute approximate surface area is 234 Å². The van der Waals surface area contributed by atoms with Crippen molar-refractivity contribution in [1.82, 2.24) is 10.2 Å². The number of nitrogens with zero attached hydrogens (tertiary/aromatic N) is 2. The summed E-state index contributed by atoms with van der Waals surface area (Å²) in [5, 5.41) is 3.25. The van der Waals surface area contributed by atoms with Crippen molar-refractivity contribution in [3.63, 3.8) is 0 Å². The third-order valence-corrected chi connectivity index (χ3v) is 8.31. The summed E-state index contributed by atoms with van der Waals surface area (Å²) in [7, 11) is -4.27. The SMILES string of the molecule is Cc1ccc(N(CC(=O)N(Cc2ccccc2Cl)C(C)C(=O)NCC(C)C)S(=O)(=O)c2ccc(F)cc2)cc1. The van der Waals surface area contributed by atoms with Crippen LogP contribution in [0.25, 0.3) is 0 Å². The minimum absolute atomic E-state index is 0.00684. The van der Waals surface area contributed by atoms with Crippen LogP contribution in [0, 0.1) is 18.7 Å². The summed E-state index contributed by atoms with van der Waals surface area (Å²) in [6.07, 6.45) is 0. The van der Waals surface area contributed by atoms with E-state index in [-0.39, 0.29) is 29.0 Å². The molecule has 1 atom stereocenters. The molecule has 0 aliphatic rings. The summed E-state index contributed by atoms with van der Waals surface area (Å²) < 4.78 is 42.0. The number of halogens is 2. The van der Waals surface area contributed by atoms with Gasteiger partial charge in [-0.05, 0) is 67.8 Å². The second-order valence-electron chi connectivity index (χ2n) is 9.73. The smallest absolute Gasteiger partial charge is 0.264 e. The van der Waals surface area contributed by atoms with E-state index in [1.54, 1.807) is 55.5 Å². The van der Waals surface area contributed by atoms with Gasteiger partial charge in [-0.1, -0.05) is 61.3 Å². The number of benzene rings is 3. The Bertz CT molecular complexity index is 1400. The highest BCUT2D eigenvalue weighted by Crippen LogP contribution is 2.26. The highest BCUT2D eigenvalue weighted by molar-refractivity contribution is 7.92. The van der Waals surface area contributed by atoms with Gasteiger partial charge in [0.15, 0.2) is 0 Å². The molecular formula is C29H33ClFN3O4S. The van der Waals surface area contributed by atoms with E-state index in [1.165, 1.54) is 4.90 Å². The summed E-state index contributed by atoms with van der Waals surface area (Å²) in [6, 6.07) is 17.1. The minimum atomic E-state index is -4.27. The van der Waals surface area contributed by atoms with Crippen molar-refractivity contribution >= 4 is 39.1 Å². The molecule has 1 N–H and O–H groups in total. The Balaban J connectivity index is 2.01. The fourth-order valence-corrected chi connectivity index (χ4v) is 5.43. The van der Waals surface area contributed by atoms with Crippen LogP contribution >= 0.6 is 11.6 Å². The maximum atomic E-state index is 13.9. The van der Waals surface area contributed by atoms with Crippen molar-refractivity contribution in [2.45, 2.75) is 45.2 Å². The average molecular weight is 574 g/mol. The van der Waals surface area contributed by atoms with Crippen LogP contribution in [0.2, 0.25) is 5.02 Å². The van der Waals surface area contributed by atoms with Crippen LogP contribution < -0.4 is 9.62 Å². The first-order valence-corrected chi connectivity index (χ1v) is 14.4. The number of hydrogen-bond donors (Lipinski definition) is 1. The number of rotatable bonds is 11. The molecule has 1 unspecified atom stereocenters. The summed E-state index contributed by atoms with van der Waals surface area (Å²) in [5.41, 5.74) is 1.77. The van der Waals surface area contributed by atoms with Crippen LogP contribution in [0.1, 0.15) is 31.9 Å². The fourth-order valence-electron chi connectivity index (χ4n) is 3.82. The van der Waals surface area contributed by atoms with Crippen LogP contribution in [-0.4, -0.2) is 44.3 Å². The second kappa shape index (κ2) is 13.1. The van der Waals surface area contributed by atoms with Gasteiger partial charge in [0, 0.05) is 18.1 Å². The topological polar surface area (TPSA) is 86.8 Å². The lowest BCUT2D eigenvalue weighted by Crippen LogP contribution is -2.51. The molecule has 3 aromatic carbocycles. The maximum absolute atomic E-state index is 13.9. The number of carbonyl (C=O) groups excluding carboxylic acids is 2. The Morgan fingerprint density at radius 1 is 0.949 bits per heavy atom. The van der Waals surface area contributed by atoms with Crippen LogP contribution in [0.4, 0.5) is 10.1 Å². The normalized spacial score (nSPS) is 12.2. The van der Waals surface area contributed by atoms with Crippen molar-refractivity contribution in [1.29, 1.82) is 0 Å². The third kappa shape index (κ3) is 7.80. The molecule has 3 rings (SSSR count). The van der Waals surface area contributed by atoms with Crippen LogP contribution in [-0.2, 0) is 26.2 Å². The van der Waals surface area contributed by atoms with E-state index in [0.717, 1.165) is 34.1 Å². The standard InChI is InChI=1S/C29H33ClFN3O4S/c1-20(2)17-32-29(36)22(4)33(18-23-7-5-6-8-27(23)30)28(35)19-34(25-13-9-21(3)10-14-25)39(37,38)26-15-11-24(31)12-16-26/h5-16,20,22H,17-19H2,1-4H3,(H,32,36). The summed E-state index contributed by atoms with van der Waals surface area (Å²) >= 11 is 6.37. The molecule has 0 saturated carbocycles. The summed E-state index contributed by atoms with van der Waals surface area (Å²) in [5.74, 6) is -1.36. The molecule has 0 aliphatic carbocycles. The largest absolute Gasteiger partial charge is 0.354 e. The molecule has 0 aromatic heterocycles. The molecule has 0 radical (unpaired) electrons. The molecule has 0 spiro atoms. The van der Waals surface area contributed by atoms with Crippen LogP contribution in [0.3, 0.4) is 0 Å². The van der Waals surface area contributed by atoms with Crippen molar-refractivity contribution in [3.05, 3.63) is 94.8 Å². The van der Waals surface area contributed by atoms with Gasteiger partial charge in [-0.25, -0.2) is 12.8 Å². The van der Waals surface area contributed by atoms with E-state index in [2.05, 4.69) is 5.32 Å². The zero-order chi connectivity index (χ0) is 28.7. The number of aryl methyl sites for hydroxylation is 1. The van der Waals surface area contributed by atoms with Crippen LogP contribution in [0.15, 0.2) is 77.7 Å². The molecule has 3 aromatic rings. The van der Waals surface area contributed by atoms with E-state index in [4.69, 9.17) is 11.6 Å². The van der Waals surface area contributed by atoms with E-state index in [9.17, 15) is 22.4 Å². The molecule has 0 bridgehead atoms. The van der Waals surface area contributed by atoms with Crippen molar-refractivity contribution in [2.24, 2.45) is 5.92 Å². The number of anilines is 1. The van der Waals surface area contributed by atoms with Gasteiger partial charge in [-0.2, -0.15) is 0 Å².